The van der Waals surface area contributed by atoms with Crippen molar-refractivity contribution in [3.8, 4) is 0 Å². The van der Waals surface area contributed by atoms with Crippen molar-refractivity contribution in [1.29, 1.82) is 0 Å². The first-order chi connectivity index (χ1) is 31.9. The Hall–Kier alpha value is -3.01. The Morgan fingerprint density at radius 2 is 0.955 bits per heavy atom. The van der Waals surface area contributed by atoms with Gasteiger partial charge in [0.15, 0.2) is 6.10 Å². The van der Waals surface area contributed by atoms with Crippen LogP contribution in [-0.4, -0.2) is 111 Å². The number of aliphatic hydroxyl groups excluding tert-OH is 5. The van der Waals surface area contributed by atoms with E-state index in [1.807, 2.05) is 12.2 Å². The smallest absolute Gasteiger partial charge is 0.462 e. The lowest BCUT2D eigenvalue weighted by molar-refractivity contribution is -0.220. The highest BCUT2D eigenvalue weighted by atomic mass is 31.2. The molecule has 5 unspecified atom stereocenters. The number of carbonyl (C=O) groups is 2. The lowest BCUT2D eigenvalue weighted by Crippen LogP contribution is -2.64. The molecule has 66 heavy (non-hydrogen) atoms. The molecule has 0 radical (unpaired) electrons. The van der Waals surface area contributed by atoms with Crippen LogP contribution in [0.25, 0.3) is 0 Å². The van der Waals surface area contributed by atoms with E-state index in [1.165, 1.54) is 38.5 Å². The monoisotopic (exact) mass is 951 g/mol. The van der Waals surface area contributed by atoms with Crippen LogP contribution in [0.15, 0.2) is 85.1 Å². The third-order valence-corrected chi connectivity index (χ3v) is 12.1. The van der Waals surface area contributed by atoms with Crippen molar-refractivity contribution in [3.05, 3.63) is 85.1 Å². The van der Waals surface area contributed by atoms with E-state index >= 15 is 0 Å². The number of ether oxygens (including phenoxy) is 3. The summed E-state index contributed by atoms with van der Waals surface area (Å²) >= 11 is 0. The van der Waals surface area contributed by atoms with Crippen LogP contribution in [0, 0.1) is 0 Å². The Bertz CT molecular complexity index is 1540. The second-order valence-electron chi connectivity index (χ2n) is 17.0. The number of carbonyl (C=O) groups excluding carboxylic acids is 2. The number of epoxide rings is 1. The Balaban J connectivity index is 1.74. The Kier molecular flexibility index (Phi) is 33.1. The summed E-state index contributed by atoms with van der Waals surface area (Å²) in [6.07, 6.45) is 36.5. The van der Waals surface area contributed by atoms with Crippen molar-refractivity contribution in [2.45, 2.75) is 210 Å². The molecule has 1 saturated heterocycles. The van der Waals surface area contributed by atoms with Gasteiger partial charge in [0, 0.05) is 12.8 Å². The van der Waals surface area contributed by atoms with Gasteiger partial charge >= 0.3 is 19.8 Å². The van der Waals surface area contributed by atoms with Gasteiger partial charge < -0.3 is 44.6 Å². The number of allylic oxidation sites excluding steroid dienone is 12. The summed E-state index contributed by atoms with van der Waals surface area (Å²) in [5, 5.41) is 50.2. The van der Waals surface area contributed by atoms with E-state index in [0.29, 0.717) is 19.3 Å². The first-order valence-corrected chi connectivity index (χ1v) is 26.0. The maximum absolute atomic E-state index is 12.8. The standard InChI is InChI=1S/C51H83O14P/c1-3-5-7-9-11-13-14-15-16-17-18-19-20-21-22-24-26-28-34-38-45(53)63-41(40-62-66(59,60)65-51-49(57)47(55)46(54)48(56)50(51)58)39-61-44(52)37-33-30-29-32-36-43-42(64-43)35-31-27-25-23-12-10-8-6-4-2/h11-13,15-16,18-19,21-23,27,29,31-32,41-43,46-51,54-58H,3-10,14,17,20,24-26,28,30,33-40H2,1-2H3,(H,59,60)/b13-11-,16-15-,19-18-,22-21-,23-12-,31-27-,32-29-/t41-,42?,43?,46?,47-,48+,49-,50-,51?/m1/s1. The molecule has 376 valence electrons. The second kappa shape index (κ2) is 37.0. The molecule has 0 aromatic carbocycles. The Labute approximate surface area is 394 Å². The van der Waals surface area contributed by atoms with E-state index in [2.05, 4.69) is 86.8 Å². The van der Waals surface area contributed by atoms with Gasteiger partial charge in [0.2, 0.25) is 0 Å². The number of rotatable bonds is 38. The molecule has 6 N–H and O–H groups in total. The fraction of sp³-hybridized carbons (Fsp3) is 0.686. The van der Waals surface area contributed by atoms with E-state index in [0.717, 1.165) is 70.6 Å². The van der Waals surface area contributed by atoms with Crippen LogP contribution in [0.4, 0.5) is 0 Å². The van der Waals surface area contributed by atoms with Crippen LogP contribution in [-0.2, 0) is 37.4 Å². The summed E-state index contributed by atoms with van der Waals surface area (Å²) in [7, 11) is -5.15. The minimum Gasteiger partial charge on any atom is -0.462 e. The van der Waals surface area contributed by atoms with Crippen LogP contribution in [0.5, 0.6) is 0 Å². The van der Waals surface area contributed by atoms with Gasteiger partial charge in [-0.15, -0.1) is 0 Å². The van der Waals surface area contributed by atoms with E-state index in [-0.39, 0.29) is 25.0 Å². The maximum atomic E-state index is 12.8. The van der Waals surface area contributed by atoms with Crippen molar-refractivity contribution >= 4 is 19.8 Å². The zero-order valence-corrected chi connectivity index (χ0v) is 40.5. The normalized spacial score (nSPS) is 25.1. The molecule has 0 aromatic heterocycles. The van der Waals surface area contributed by atoms with Crippen LogP contribution in [0.2, 0.25) is 0 Å². The molecule has 2 rings (SSSR count). The molecule has 14 nitrogen and oxygen atoms in total. The maximum Gasteiger partial charge on any atom is 0.472 e. The lowest BCUT2D eigenvalue weighted by Gasteiger charge is -2.41. The molecule has 15 heteroatoms. The molecule has 2 aliphatic rings. The molecule has 0 amide bonds. The fourth-order valence-electron chi connectivity index (χ4n) is 7.01. The predicted octanol–water partition coefficient (Wildman–Crippen LogP) is 9.04. The predicted molar refractivity (Wildman–Crippen MR) is 257 cm³/mol. The van der Waals surface area contributed by atoms with E-state index in [4.69, 9.17) is 23.3 Å². The summed E-state index contributed by atoms with van der Waals surface area (Å²) in [6.45, 7) is 3.15. The van der Waals surface area contributed by atoms with Crippen LogP contribution >= 0.6 is 7.82 Å². The van der Waals surface area contributed by atoms with Crippen molar-refractivity contribution < 1.29 is 67.8 Å². The summed E-state index contributed by atoms with van der Waals surface area (Å²) in [5.41, 5.74) is 0. The van der Waals surface area contributed by atoms with E-state index < -0.39 is 75.7 Å². The number of aliphatic hydroxyl groups is 5. The lowest BCUT2D eigenvalue weighted by atomic mass is 9.85. The molecule has 1 aliphatic heterocycles. The third-order valence-electron chi connectivity index (χ3n) is 11.1. The third kappa shape index (κ3) is 28.3. The van der Waals surface area contributed by atoms with Gasteiger partial charge in [0.1, 0.15) is 43.2 Å². The quantitative estimate of drug-likeness (QED) is 0.0112. The van der Waals surface area contributed by atoms with E-state index in [1.54, 1.807) is 0 Å². The van der Waals surface area contributed by atoms with Gasteiger partial charge in [0.05, 0.1) is 18.8 Å². The second-order valence-corrected chi connectivity index (χ2v) is 18.4. The minimum atomic E-state index is -5.15. The largest absolute Gasteiger partial charge is 0.472 e. The van der Waals surface area contributed by atoms with Crippen molar-refractivity contribution in [2.24, 2.45) is 0 Å². The molecule has 2 fully saturated rings. The molecule has 0 spiro atoms. The summed E-state index contributed by atoms with van der Waals surface area (Å²) in [4.78, 5) is 35.8. The summed E-state index contributed by atoms with van der Waals surface area (Å²) in [6, 6.07) is 0. The van der Waals surface area contributed by atoms with Gasteiger partial charge in [-0.25, -0.2) is 4.57 Å². The topological polar surface area (TPSA) is 222 Å². The first-order valence-electron chi connectivity index (χ1n) is 24.5. The average molecular weight is 951 g/mol. The number of phosphoric acid groups is 1. The molecular weight excluding hydrogens is 868 g/mol. The molecule has 1 aliphatic carbocycles. The van der Waals surface area contributed by atoms with Gasteiger partial charge in [-0.1, -0.05) is 131 Å². The van der Waals surface area contributed by atoms with Crippen LogP contribution < -0.4 is 0 Å². The van der Waals surface area contributed by atoms with Crippen molar-refractivity contribution in [2.75, 3.05) is 13.2 Å². The summed E-state index contributed by atoms with van der Waals surface area (Å²) < 4.78 is 39.3. The highest BCUT2D eigenvalue weighted by Crippen LogP contribution is 2.47. The summed E-state index contributed by atoms with van der Waals surface area (Å²) in [5.74, 6) is -1.22. The number of hydrogen-bond donors (Lipinski definition) is 6. The number of unbranched alkanes of at least 4 members (excludes halogenated alkanes) is 10. The fourth-order valence-corrected chi connectivity index (χ4v) is 7.98. The van der Waals surface area contributed by atoms with Gasteiger partial charge in [-0.2, -0.15) is 0 Å². The van der Waals surface area contributed by atoms with Crippen molar-refractivity contribution in [1.82, 2.24) is 0 Å². The van der Waals surface area contributed by atoms with Crippen LogP contribution in [0.3, 0.4) is 0 Å². The van der Waals surface area contributed by atoms with Crippen LogP contribution in [0.1, 0.15) is 155 Å². The Morgan fingerprint density at radius 3 is 1.48 bits per heavy atom. The highest BCUT2D eigenvalue weighted by molar-refractivity contribution is 7.47. The Morgan fingerprint density at radius 1 is 0.530 bits per heavy atom. The zero-order chi connectivity index (χ0) is 48.3. The molecule has 0 bridgehead atoms. The average Bonchev–Trinajstić information content (AvgIpc) is 4.06. The minimum absolute atomic E-state index is 0.0391. The van der Waals surface area contributed by atoms with Crippen molar-refractivity contribution in [3.63, 3.8) is 0 Å². The molecular formula is C51H83O14P. The number of esters is 2. The number of phosphoric ester groups is 1. The number of hydrogen-bond acceptors (Lipinski definition) is 13. The zero-order valence-electron chi connectivity index (χ0n) is 39.6. The molecule has 1 saturated carbocycles. The SMILES string of the molecule is CCCCC/C=C\C/C=C\C/C=C\C/C=C\CCCCCC(=O)O[C@H](COC(=O)CCC/C=C\CC1OC1C/C=C\C/C=C\CCCCC)COP(=O)(O)OC1[C@H](O)[C@H](O)C(O)[C@H](O)[C@H]1O. The van der Waals surface area contributed by atoms with Gasteiger partial charge in [-0.3, -0.25) is 18.6 Å². The van der Waals surface area contributed by atoms with Gasteiger partial charge in [0.25, 0.3) is 0 Å². The van der Waals surface area contributed by atoms with Gasteiger partial charge in [-0.05, 0) is 96.3 Å². The molecule has 10 atom stereocenters. The first kappa shape index (κ1) is 59.1. The molecule has 1 heterocycles. The van der Waals surface area contributed by atoms with E-state index in [9.17, 15) is 44.6 Å². The highest BCUT2D eigenvalue weighted by Gasteiger charge is 2.51. The molecule has 0 aromatic rings.